The summed E-state index contributed by atoms with van der Waals surface area (Å²) >= 11 is 1.25. The van der Waals surface area contributed by atoms with E-state index in [0.29, 0.717) is 10.7 Å². The van der Waals surface area contributed by atoms with Crippen molar-refractivity contribution in [1.82, 2.24) is 5.16 Å². The second kappa shape index (κ2) is 5.53. The van der Waals surface area contributed by atoms with Gasteiger partial charge in [-0.1, -0.05) is 11.2 Å². The molecule has 0 radical (unpaired) electrons. The van der Waals surface area contributed by atoms with E-state index in [9.17, 15) is 18.3 Å². The van der Waals surface area contributed by atoms with Crippen molar-refractivity contribution in [3.63, 3.8) is 0 Å². The summed E-state index contributed by atoms with van der Waals surface area (Å²) in [4.78, 5) is 0.541. The van der Waals surface area contributed by atoms with E-state index in [1.807, 2.05) is 0 Å². The van der Waals surface area contributed by atoms with Crippen LogP contribution in [0.15, 0.2) is 27.6 Å². The minimum absolute atomic E-state index is 0.0799. The van der Waals surface area contributed by atoms with Crippen molar-refractivity contribution in [2.45, 2.75) is 36.3 Å². The summed E-state index contributed by atoms with van der Waals surface area (Å²) in [5.41, 5.74) is -0.463. The summed E-state index contributed by atoms with van der Waals surface area (Å²) in [6.07, 6.45) is -0.997. The van der Waals surface area contributed by atoms with Gasteiger partial charge in [0.15, 0.2) is 11.5 Å². The first-order valence-electron chi connectivity index (χ1n) is 6.81. The van der Waals surface area contributed by atoms with E-state index in [2.05, 4.69) is 5.16 Å². The minimum atomic E-state index is -4.44. The van der Waals surface area contributed by atoms with Crippen LogP contribution in [0.2, 0.25) is 0 Å². The maximum atomic E-state index is 13.2. The SMILES string of the molecule is CSc1ccc(Cc2noc(C3CC3)c2O)c(C(F)(F)F)c1. The fourth-order valence-electron chi connectivity index (χ4n) is 2.34. The third kappa shape index (κ3) is 2.95. The molecule has 22 heavy (non-hydrogen) atoms. The van der Waals surface area contributed by atoms with E-state index in [1.165, 1.54) is 17.8 Å². The van der Waals surface area contributed by atoms with E-state index < -0.39 is 11.7 Å². The van der Waals surface area contributed by atoms with Gasteiger partial charge in [0.2, 0.25) is 0 Å². The Morgan fingerprint density at radius 3 is 2.68 bits per heavy atom. The molecule has 1 aliphatic carbocycles. The Labute approximate surface area is 129 Å². The predicted octanol–water partition coefficient (Wildman–Crippen LogP) is 4.59. The number of hydrogen-bond donors (Lipinski definition) is 1. The van der Waals surface area contributed by atoms with Gasteiger partial charge in [-0.25, -0.2) is 0 Å². The maximum Gasteiger partial charge on any atom is 0.416 e. The zero-order valence-electron chi connectivity index (χ0n) is 11.8. The first-order valence-corrected chi connectivity index (χ1v) is 8.04. The summed E-state index contributed by atoms with van der Waals surface area (Å²) in [6.45, 7) is 0. The molecule has 0 amide bonds. The molecule has 1 saturated carbocycles. The molecule has 1 aromatic carbocycles. The van der Waals surface area contributed by atoms with E-state index >= 15 is 0 Å². The van der Waals surface area contributed by atoms with Crippen LogP contribution in [-0.2, 0) is 12.6 Å². The highest BCUT2D eigenvalue weighted by Crippen LogP contribution is 2.45. The highest BCUT2D eigenvalue weighted by molar-refractivity contribution is 7.98. The number of alkyl halides is 3. The van der Waals surface area contributed by atoms with Gasteiger partial charge in [-0.05, 0) is 36.8 Å². The smallest absolute Gasteiger partial charge is 0.416 e. The van der Waals surface area contributed by atoms with Crippen LogP contribution >= 0.6 is 11.8 Å². The van der Waals surface area contributed by atoms with E-state index in [4.69, 9.17) is 4.52 Å². The Hall–Kier alpha value is -1.63. The Bertz CT molecular complexity index is 693. The molecule has 3 nitrogen and oxygen atoms in total. The van der Waals surface area contributed by atoms with E-state index in [0.717, 1.165) is 18.9 Å². The molecule has 2 aromatic rings. The van der Waals surface area contributed by atoms with Crippen molar-refractivity contribution >= 4 is 11.8 Å². The van der Waals surface area contributed by atoms with Crippen molar-refractivity contribution in [2.24, 2.45) is 0 Å². The number of aromatic hydroxyl groups is 1. The molecule has 1 aromatic heterocycles. The first-order chi connectivity index (χ1) is 10.4. The zero-order valence-corrected chi connectivity index (χ0v) is 12.6. The number of aromatic nitrogens is 1. The van der Waals surface area contributed by atoms with Gasteiger partial charge in [-0.2, -0.15) is 13.2 Å². The van der Waals surface area contributed by atoms with Crippen LogP contribution in [0.1, 0.15) is 41.3 Å². The van der Waals surface area contributed by atoms with Gasteiger partial charge in [0.1, 0.15) is 5.69 Å². The fourth-order valence-corrected chi connectivity index (χ4v) is 2.78. The quantitative estimate of drug-likeness (QED) is 0.834. The lowest BCUT2D eigenvalue weighted by Gasteiger charge is -2.13. The molecular formula is C15H14F3NO2S. The largest absolute Gasteiger partial charge is 0.503 e. The van der Waals surface area contributed by atoms with Gasteiger partial charge in [-0.3, -0.25) is 0 Å². The standard InChI is InChI=1S/C15H14F3NO2S/c1-22-10-5-4-9(11(7-10)15(16,17)18)6-12-13(20)14(21-19-12)8-2-3-8/h4-5,7-8,20H,2-3,6H2,1H3. The zero-order chi connectivity index (χ0) is 15.9. The Balaban J connectivity index is 1.94. The van der Waals surface area contributed by atoms with E-state index in [-0.39, 0.29) is 29.3 Å². The van der Waals surface area contributed by atoms with Gasteiger partial charge in [0, 0.05) is 17.2 Å². The molecule has 0 atom stereocenters. The summed E-state index contributed by atoms with van der Waals surface area (Å²) in [5.74, 6) is 0.441. The number of rotatable bonds is 4. The third-order valence-electron chi connectivity index (χ3n) is 3.69. The summed E-state index contributed by atoms with van der Waals surface area (Å²) in [7, 11) is 0. The average molecular weight is 329 g/mol. The molecule has 0 spiro atoms. The molecule has 0 saturated heterocycles. The highest BCUT2D eigenvalue weighted by Gasteiger charge is 2.35. The highest BCUT2D eigenvalue weighted by atomic mass is 32.2. The summed E-state index contributed by atoms with van der Waals surface area (Å²) < 4.78 is 44.7. The number of thioether (sulfide) groups is 1. The second-order valence-electron chi connectivity index (χ2n) is 5.31. The summed E-state index contributed by atoms with van der Waals surface area (Å²) in [6, 6.07) is 4.19. The van der Waals surface area contributed by atoms with Crippen molar-refractivity contribution in [3.8, 4) is 5.75 Å². The molecule has 118 valence electrons. The molecule has 1 heterocycles. The second-order valence-corrected chi connectivity index (χ2v) is 6.19. The van der Waals surface area contributed by atoms with Crippen LogP contribution < -0.4 is 0 Å². The number of hydrogen-bond acceptors (Lipinski definition) is 4. The van der Waals surface area contributed by atoms with Crippen molar-refractivity contribution in [2.75, 3.05) is 6.26 Å². The molecule has 3 rings (SSSR count). The lowest BCUT2D eigenvalue weighted by molar-refractivity contribution is -0.138. The Morgan fingerprint density at radius 2 is 2.09 bits per heavy atom. The normalized spacial score (nSPS) is 15.3. The van der Waals surface area contributed by atoms with Crippen LogP contribution in [0.5, 0.6) is 5.75 Å². The van der Waals surface area contributed by atoms with Crippen molar-refractivity contribution in [3.05, 3.63) is 40.8 Å². The lowest BCUT2D eigenvalue weighted by atomic mass is 10.0. The Kier molecular flexibility index (Phi) is 3.84. The predicted molar refractivity (Wildman–Crippen MR) is 76.2 cm³/mol. The van der Waals surface area contributed by atoms with E-state index in [1.54, 1.807) is 12.3 Å². The first kappa shape index (κ1) is 15.3. The molecule has 0 aliphatic heterocycles. The monoisotopic (exact) mass is 329 g/mol. The van der Waals surface area contributed by atoms with Crippen LogP contribution in [0.25, 0.3) is 0 Å². The van der Waals surface area contributed by atoms with Gasteiger partial charge in [-0.15, -0.1) is 11.8 Å². The molecule has 1 N–H and O–H groups in total. The molecule has 1 aliphatic rings. The van der Waals surface area contributed by atoms with Gasteiger partial charge < -0.3 is 9.63 Å². The minimum Gasteiger partial charge on any atom is -0.503 e. The van der Waals surface area contributed by atoms with Crippen LogP contribution in [0.4, 0.5) is 13.2 Å². The molecular weight excluding hydrogens is 315 g/mol. The lowest BCUT2D eigenvalue weighted by Crippen LogP contribution is -2.10. The summed E-state index contributed by atoms with van der Waals surface area (Å²) in [5, 5.41) is 13.8. The number of halogens is 3. The van der Waals surface area contributed by atoms with Crippen LogP contribution in [0.3, 0.4) is 0 Å². The van der Waals surface area contributed by atoms with Crippen molar-refractivity contribution < 1.29 is 22.8 Å². The Morgan fingerprint density at radius 1 is 1.36 bits per heavy atom. The van der Waals surface area contributed by atoms with Crippen molar-refractivity contribution in [1.29, 1.82) is 0 Å². The topological polar surface area (TPSA) is 46.3 Å². The average Bonchev–Trinajstić information content (AvgIpc) is 3.24. The molecule has 0 bridgehead atoms. The number of benzene rings is 1. The molecule has 7 heteroatoms. The van der Waals surface area contributed by atoms with Gasteiger partial charge in [0.05, 0.1) is 5.56 Å². The molecule has 1 fully saturated rings. The maximum absolute atomic E-state index is 13.2. The van der Waals surface area contributed by atoms with Gasteiger partial charge in [0.25, 0.3) is 0 Å². The molecule has 0 unspecified atom stereocenters. The van der Waals surface area contributed by atoms with Crippen LogP contribution in [-0.4, -0.2) is 16.5 Å². The van der Waals surface area contributed by atoms with Crippen LogP contribution in [0, 0.1) is 0 Å². The van der Waals surface area contributed by atoms with Gasteiger partial charge >= 0.3 is 6.18 Å². The fraction of sp³-hybridized carbons (Fsp3) is 0.400. The third-order valence-corrected chi connectivity index (χ3v) is 4.41. The number of nitrogens with zero attached hydrogens (tertiary/aromatic N) is 1.